The van der Waals surface area contributed by atoms with Gasteiger partial charge in [0.2, 0.25) is 0 Å². The molecule has 0 aliphatic carbocycles. The van der Waals surface area contributed by atoms with Crippen molar-refractivity contribution >= 4 is 17.6 Å². The quantitative estimate of drug-likeness (QED) is 0.610. The van der Waals surface area contributed by atoms with Crippen LogP contribution in [0.25, 0.3) is 0 Å². The van der Waals surface area contributed by atoms with Gasteiger partial charge in [-0.05, 0) is 13.3 Å². The Morgan fingerprint density at radius 1 is 1.70 bits per heavy atom. The van der Waals surface area contributed by atoms with E-state index >= 15 is 0 Å². The first-order chi connectivity index (χ1) is 4.77. The maximum absolute atomic E-state index is 10.3. The molecule has 3 heteroatoms. The fourth-order valence-electron chi connectivity index (χ4n) is 0.726. The van der Waals surface area contributed by atoms with Gasteiger partial charge >= 0.3 is 0 Å². The summed E-state index contributed by atoms with van der Waals surface area (Å²) in [6, 6.07) is 0. The molecule has 0 N–H and O–H groups in total. The van der Waals surface area contributed by atoms with Crippen molar-refractivity contribution in [3.8, 4) is 0 Å². The molecule has 0 radical (unpaired) electrons. The highest BCUT2D eigenvalue weighted by Crippen LogP contribution is 2.15. The van der Waals surface area contributed by atoms with Gasteiger partial charge in [0, 0.05) is 0 Å². The summed E-state index contributed by atoms with van der Waals surface area (Å²) in [4.78, 5) is 15.3. The molecule has 2 nitrogen and oxygen atoms in total. The second-order valence-electron chi connectivity index (χ2n) is 2.03. The molecule has 0 saturated heterocycles. The standard InChI is InChI=1S/C7H9NOS/c1-3-7-8-5(2)6(4-9)10-7/h4H,3H2,1-2H3. The molecular formula is C7H9NOS. The molecule has 0 fully saturated rings. The second kappa shape index (κ2) is 2.92. The van der Waals surface area contributed by atoms with Crippen LogP contribution < -0.4 is 0 Å². The fourth-order valence-corrected chi connectivity index (χ4v) is 1.55. The molecule has 0 aromatic carbocycles. The zero-order valence-electron chi connectivity index (χ0n) is 6.05. The number of hydrogen-bond donors (Lipinski definition) is 0. The normalized spacial score (nSPS) is 9.80. The van der Waals surface area contributed by atoms with Gasteiger partial charge < -0.3 is 0 Å². The van der Waals surface area contributed by atoms with Crippen LogP contribution >= 0.6 is 11.3 Å². The van der Waals surface area contributed by atoms with Crippen LogP contribution in [0.1, 0.15) is 27.3 Å². The minimum Gasteiger partial charge on any atom is -0.297 e. The van der Waals surface area contributed by atoms with Gasteiger partial charge in [0.15, 0.2) is 6.29 Å². The number of aldehydes is 1. The van der Waals surface area contributed by atoms with E-state index < -0.39 is 0 Å². The maximum atomic E-state index is 10.3. The Hall–Kier alpha value is -0.700. The summed E-state index contributed by atoms with van der Waals surface area (Å²) >= 11 is 1.48. The van der Waals surface area contributed by atoms with Gasteiger partial charge in [0.05, 0.1) is 15.6 Å². The minimum absolute atomic E-state index is 0.761. The molecule has 0 atom stereocenters. The van der Waals surface area contributed by atoms with E-state index in [-0.39, 0.29) is 0 Å². The summed E-state index contributed by atoms with van der Waals surface area (Å²) in [5, 5.41) is 1.04. The Morgan fingerprint density at radius 2 is 2.40 bits per heavy atom. The van der Waals surface area contributed by atoms with Crippen LogP contribution in [-0.4, -0.2) is 11.3 Å². The number of thiazole rings is 1. The summed E-state index contributed by atoms with van der Waals surface area (Å²) in [6.45, 7) is 3.90. The third-order valence-corrected chi connectivity index (χ3v) is 2.51. The smallest absolute Gasteiger partial charge is 0.161 e. The SMILES string of the molecule is CCc1nc(C)c(C=O)s1. The van der Waals surface area contributed by atoms with E-state index in [1.165, 1.54) is 11.3 Å². The van der Waals surface area contributed by atoms with Gasteiger partial charge in [-0.3, -0.25) is 4.79 Å². The van der Waals surface area contributed by atoms with E-state index in [2.05, 4.69) is 4.98 Å². The molecule has 1 rings (SSSR count). The minimum atomic E-state index is 0.761. The van der Waals surface area contributed by atoms with Crippen molar-refractivity contribution in [3.63, 3.8) is 0 Å². The number of carbonyl (C=O) groups is 1. The summed E-state index contributed by atoms with van der Waals surface area (Å²) < 4.78 is 0. The van der Waals surface area contributed by atoms with E-state index in [1.54, 1.807) is 0 Å². The molecule has 1 heterocycles. The highest BCUT2D eigenvalue weighted by Gasteiger charge is 2.03. The highest BCUT2D eigenvalue weighted by atomic mass is 32.1. The van der Waals surface area contributed by atoms with Gasteiger partial charge in [-0.1, -0.05) is 6.92 Å². The van der Waals surface area contributed by atoms with Gasteiger partial charge in [-0.25, -0.2) is 4.98 Å². The van der Waals surface area contributed by atoms with Crippen LogP contribution in [0.2, 0.25) is 0 Å². The number of carbonyl (C=O) groups excluding carboxylic acids is 1. The molecule has 0 aliphatic rings. The summed E-state index contributed by atoms with van der Waals surface area (Å²) in [6.07, 6.45) is 1.78. The Bertz CT molecular complexity index is 242. The van der Waals surface area contributed by atoms with Crippen LogP contribution in [0.3, 0.4) is 0 Å². The molecule has 10 heavy (non-hydrogen) atoms. The predicted octanol–water partition coefficient (Wildman–Crippen LogP) is 1.83. The third-order valence-electron chi connectivity index (χ3n) is 1.29. The Morgan fingerprint density at radius 3 is 2.70 bits per heavy atom. The number of hydrogen-bond acceptors (Lipinski definition) is 3. The second-order valence-corrected chi connectivity index (χ2v) is 3.14. The first-order valence-corrected chi connectivity index (χ1v) is 4.01. The first-order valence-electron chi connectivity index (χ1n) is 3.19. The lowest BCUT2D eigenvalue weighted by molar-refractivity contribution is 0.112. The average Bonchev–Trinajstić information content (AvgIpc) is 2.30. The van der Waals surface area contributed by atoms with Crippen LogP contribution in [0.4, 0.5) is 0 Å². The van der Waals surface area contributed by atoms with E-state index in [4.69, 9.17) is 0 Å². The molecule has 1 aromatic heterocycles. The van der Waals surface area contributed by atoms with Crippen molar-refractivity contribution < 1.29 is 4.79 Å². The molecule has 0 spiro atoms. The number of aryl methyl sites for hydroxylation is 2. The third kappa shape index (κ3) is 1.24. The molecule has 54 valence electrons. The van der Waals surface area contributed by atoms with Gasteiger partial charge in [0.25, 0.3) is 0 Å². The number of nitrogens with zero attached hydrogens (tertiary/aromatic N) is 1. The van der Waals surface area contributed by atoms with Crippen molar-refractivity contribution in [2.75, 3.05) is 0 Å². The van der Waals surface area contributed by atoms with Crippen LogP contribution in [0, 0.1) is 6.92 Å². The first kappa shape index (κ1) is 7.41. The highest BCUT2D eigenvalue weighted by molar-refractivity contribution is 7.13. The molecule has 0 amide bonds. The van der Waals surface area contributed by atoms with Gasteiger partial charge in [0.1, 0.15) is 0 Å². The largest absolute Gasteiger partial charge is 0.297 e. The Balaban J connectivity index is 3.03. The van der Waals surface area contributed by atoms with Crippen molar-refractivity contribution in [2.45, 2.75) is 20.3 Å². The molecule has 0 unspecified atom stereocenters. The molecule has 1 aromatic rings. The zero-order chi connectivity index (χ0) is 7.56. The van der Waals surface area contributed by atoms with Crippen molar-refractivity contribution in [2.24, 2.45) is 0 Å². The summed E-state index contributed by atoms with van der Waals surface area (Å²) in [5.41, 5.74) is 0.858. The Labute approximate surface area is 63.9 Å². The average molecular weight is 155 g/mol. The van der Waals surface area contributed by atoms with Crippen LogP contribution in [0.15, 0.2) is 0 Å². The maximum Gasteiger partial charge on any atom is 0.161 e. The summed E-state index contributed by atoms with van der Waals surface area (Å²) in [5.74, 6) is 0. The number of rotatable bonds is 2. The molecular weight excluding hydrogens is 146 g/mol. The van der Waals surface area contributed by atoms with Crippen molar-refractivity contribution in [1.29, 1.82) is 0 Å². The lowest BCUT2D eigenvalue weighted by Crippen LogP contribution is -1.78. The van der Waals surface area contributed by atoms with Gasteiger partial charge in [-0.2, -0.15) is 0 Å². The predicted molar refractivity (Wildman–Crippen MR) is 41.6 cm³/mol. The van der Waals surface area contributed by atoms with E-state index in [0.29, 0.717) is 0 Å². The monoisotopic (exact) mass is 155 g/mol. The number of aromatic nitrogens is 1. The van der Waals surface area contributed by atoms with Crippen molar-refractivity contribution in [1.82, 2.24) is 4.98 Å². The van der Waals surface area contributed by atoms with E-state index in [9.17, 15) is 4.79 Å². The summed E-state index contributed by atoms with van der Waals surface area (Å²) in [7, 11) is 0. The van der Waals surface area contributed by atoms with E-state index in [1.807, 2.05) is 13.8 Å². The van der Waals surface area contributed by atoms with Crippen LogP contribution in [0.5, 0.6) is 0 Å². The van der Waals surface area contributed by atoms with E-state index in [0.717, 1.165) is 28.3 Å². The topological polar surface area (TPSA) is 30.0 Å². The Kier molecular flexibility index (Phi) is 2.17. The molecule has 0 bridgehead atoms. The van der Waals surface area contributed by atoms with Crippen molar-refractivity contribution in [3.05, 3.63) is 15.6 Å². The lowest BCUT2D eigenvalue weighted by Gasteiger charge is -1.79. The fraction of sp³-hybridized carbons (Fsp3) is 0.429. The molecule has 0 aliphatic heterocycles. The molecule has 0 saturated carbocycles. The van der Waals surface area contributed by atoms with Gasteiger partial charge in [-0.15, -0.1) is 11.3 Å². The zero-order valence-corrected chi connectivity index (χ0v) is 6.86. The van der Waals surface area contributed by atoms with Crippen LogP contribution in [-0.2, 0) is 6.42 Å². The lowest BCUT2D eigenvalue weighted by atomic mass is 10.4.